The quantitative estimate of drug-likeness (QED) is 0.931. The van der Waals surface area contributed by atoms with Gasteiger partial charge in [-0.1, -0.05) is 6.92 Å². The number of hydrogen-bond donors (Lipinski definition) is 1. The van der Waals surface area contributed by atoms with Gasteiger partial charge < -0.3 is 10.0 Å². The fraction of sp³-hybridized carbons (Fsp3) is 0.421. The molecular formula is C19H23N3O3. The third-order valence-electron chi connectivity index (χ3n) is 4.88. The number of aryl methyl sites for hydroxylation is 2. The number of carboxylic acid groups (broad SMARTS) is 1. The molecule has 1 N–H and O–H groups in total. The van der Waals surface area contributed by atoms with Gasteiger partial charge in [0.05, 0.1) is 17.3 Å². The molecule has 6 heteroatoms. The first-order chi connectivity index (χ1) is 11.9. The van der Waals surface area contributed by atoms with Crippen molar-refractivity contribution in [3.63, 3.8) is 0 Å². The Hall–Kier alpha value is -2.63. The van der Waals surface area contributed by atoms with E-state index >= 15 is 0 Å². The smallest absolute Gasteiger partial charge is 0.306 e. The van der Waals surface area contributed by atoms with Crippen LogP contribution in [0.1, 0.15) is 35.1 Å². The van der Waals surface area contributed by atoms with Crippen LogP contribution in [0.3, 0.4) is 0 Å². The summed E-state index contributed by atoms with van der Waals surface area (Å²) in [5.74, 6) is -1.22. The molecule has 1 aromatic carbocycles. The summed E-state index contributed by atoms with van der Waals surface area (Å²) in [5, 5.41) is 13.6. The predicted octanol–water partition coefficient (Wildman–Crippen LogP) is 2.67. The molecule has 0 aliphatic carbocycles. The highest BCUT2D eigenvalue weighted by Gasteiger charge is 2.33. The number of rotatable bonds is 3. The monoisotopic (exact) mass is 341 g/mol. The summed E-state index contributed by atoms with van der Waals surface area (Å²) >= 11 is 0. The van der Waals surface area contributed by atoms with Crippen LogP contribution < -0.4 is 0 Å². The second-order valence-corrected chi connectivity index (χ2v) is 6.85. The van der Waals surface area contributed by atoms with Crippen molar-refractivity contribution < 1.29 is 14.7 Å². The molecule has 1 aromatic heterocycles. The molecule has 2 unspecified atom stereocenters. The lowest BCUT2D eigenvalue weighted by Gasteiger charge is -2.35. The van der Waals surface area contributed by atoms with Crippen LogP contribution in [0, 0.1) is 25.7 Å². The van der Waals surface area contributed by atoms with Crippen LogP contribution in [0.25, 0.3) is 5.69 Å². The van der Waals surface area contributed by atoms with Crippen molar-refractivity contribution in [2.75, 3.05) is 13.1 Å². The number of aromatic nitrogens is 2. The number of nitrogens with zero attached hydrogens (tertiary/aromatic N) is 3. The fourth-order valence-electron chi connectivity index (χ4n) is 3.51. The van der Waals surface area contributed by atoms with Crippen molar-refractivity contribution in [1.29, 1.82) is 0 Å². The van der Waals surface area contributed by atoms with Gasteiger partial charge in [-0.25, -0.2) is 4.68 Å². The first-order valence-corrected chi connectivity index (χ1v) is 8.52. The number of benzene rings is 1. The van der Waals surface area contributed by atoms with Gasteiger partial charge in [-0.05, 0) is 56.5 Å². The van der Waals surface area contributed by atoms with Crippen molar-refractivity contribution in [3.05, 3.63) is 47.3 Å². The maximum absolute atomic E-state index is 12.7. The SMILES string of the molecule is Cc1cc(C)n(-c2ccc(C(=O)N3CCC(C(=O)O)C(C)C3)cc2)n1. The average Bonchev–Trinajstić information content (AvgIpc) is 2.92. The standard InChI is InChI=1S/C19H23N3O3/c1-12-11-21(9-8-17(12)19(24)25)18(23)15-4-6-16(7-5-15)22-14(3)10-13(2)20-22/h4-7,10,12,17H,8-9,11H2,1-3H3,(H,24,25). The Bertz CT molecular complexity index is 795. The zero-order valence-electron chi connectivity index (χ0n) is 14.8. The minimum Gasteiger partial charge on any atom is -0.481 e. The molecule has 2 atom stereocenters. The molecule has 1 fully saturated rings. The molecule has 1 saturated heterocycles. The Morgan fingerprint density at radius 1 is 1.20 bits per heavy atom. The molecule has 6 nitrogen and oxygen atoms in total. The molecule has 0 bridgehead atoms. The van der Waals surface area contributed by atoms with E-state index in [4.69, 9.17) is 0 Å². The Morgan fingerprint density at radius 3 is 2.40 bits per heavy atom. The molecule has 1 amide bonds. The second kappa shape index (κ2) is 6.70. The van der Waals surface area contributed by atoms with Gasteiger partial charge in [0, 0.05) is 24.3 Å². The van der Waals surface area contributed by atoms with Gasteiger partial charge in [0.1, 0.15) is 0 Å². The molecule has 1 aliphatic heterocycles. The maximum atomic E-state index is 12.7. The van der Waals surface area contributed by atoms with Gasteiger partial charge in [-0.2, -0.15) is 5.10 Å². The second-order valence-electron chi connectivity index (χ2n) is 6.85. The molecule has 0 saturated carbocycles. The number of likely N-dealkylation sites (tertiary alicyclic amines) is 1. The summed E-state index contributed by atoms with van der Waals surface area (Å²) in [6.45, 7) is 6.80. The highest BCUT2D eigenvalue weighted by molar-refractivity contribution is 5.94. The summed E-state index contributed by atoms with van der Waals surface area (Å²) in [6, 6.07) is 9.40. The third kappa shape index (κ3) is 3.43. The van der Waals surface area contributed by atoms with Gasteiger partial charge in [0.2, 0.25) is 0 Å². The lowest BCUT2D eigenvalue weighted by atomic mass is 9.87. The summed E-state index contributed by atoms with van der Waals surface area (Å²) in [6.07, 6.45) is 0.506. The van der Waals surface area contributed by atoms with E-state index in [0.29, 0.717) is 25.1 Å². The summed E-state index contributed by atoms with van der Waals surface area (Å²) < 4.78 is 1.85. The number of amides is 1. The fourth-order valence-corrected chi connectivity index (χ4v) is 3.51. The average molecular weight is 341 g/mol. The van der Waals surface area contributed by atoms with E-state index in [1.165, 1.54) is 0 Å². The zero-order valence-corrected chi connectivity index (χ0v) is 14.8. The maximum Gasteiger partial charge on any atom is 0.306 e. The van der Waals surface area contributed by atoms with Gasteiger partial charge in [0.25, 0.3) is 5.91 Å². The van der Waals surface area contributed by atoms with E-state index < -0.39 is 5.97 Å². The number of carbonyl (C=O) groups is 2. The number of aliphatic carboxylic acids is 1. The van der Waals surface area contributed by atoms with Crippen molar-refractivity contribution in [1.82, 2.24) is 14.7 Å². The lowest BCUT2D eigenvalue weighted by molar-refractivity contribution is -0.145. The van der Waals surface area contributed by atoms with Crippen molar-refractivity contribution in [3.8, 4) is 5.69 Å². The molecule has 1 aliphatic rings. The third-order valence-corrected chi connectivity index (χ3v) is 4.88. The molecule has 25 heavy (non-hydrogen) atoms. The topological polar surface area (TPSA) is 75.4 Å². The Balaban J connectivity index is 1.73. The van der Waals surface area contributed by atoms with Crippen molar-refractivity contribution in [2.24, 2.45) is 11.8 Å². The first kappa shape index (κ1) is 17.2. The summed E-state index contributed by atoms with van der Waals surface area (Å²) in [4.78, 5) is 25.7. The van der Waals surface area contributed by atoms with E-state index in [1.54, 1.807) is 4.90 Å². The summed E-state index contributed by atoms with van der Waals surface area (Å²) in [7, 11) is 0. The molecule has 2 aromatic rings. The van der Waals surface area contributed by atoms with Crippen molar-refractivity contribution >= 4 is 11.9 Å². The van der Waals surface area contributed by atoms with Crippen LogP contribution in [-0.4, -0.2) is 44.8 Å². The van der Waals surface area contributed by atoms with Crippen LogP contribution in [0.4, 0.5) is 0 Å². The Morgan fingerprint density at radius 2 is 1.88 bits per heavy atom. The van der Waals surface area contributed by atoms with Crippen LogP contribution in [0.5, 0.6) is 0 Å². The van der Waals surface area contributed by atoms with E-state index in [1.807, 2.05) is 55.8 Å². The van der Waals surface area contributed by atoms with E-state index in [2.05, 4.69) is 5.10 Å². The largest absolute Gasteiger partial charge is 0.481 e. The molecule has 3 rings (SSSR count). The van der Waals surface area contributed by atoms with E-state index in [-0.39, 0.29) is 17.7 Å². The lowest BCUT2D eigenvalue weighted by Crippen LogP contribution is -2.45. The Kier molecular flexibility index (Phi) is 4.61. The normalized spacial score (nSPS) is 20.5. The molecule has 0 radical (unpaired) electrons. The zero-order chi connectivity index (χ0) is 18.1. The van der Waals surface area contributed by atoms with E-state index in [9.17, 15) is 14.7 Å². The van der Waals surface area contributed by atoms with Gasteiger partial charge >= 0.3 is 5.97 Å². The highest BCUT2D eigenvalue weighted by atomic mass is 16.4. The number of carbonyl (C=O) groups excluding carboxylic acids is 1. The van der Waals surface area contributed by atoms with Crippen LogP contribution in [0.2, 0.25) is 0 Å². The molecule has 0 spiro atoms. The minimum absolute atomic E-state index is 0.0378. The van der Waals surface area contributed by atoms with Crippen LogP contribution in [-0.2, 0) is 4.79 Å². The molecular weight excluding hydrogens is 318 g/mol. The van der Waals surface area contributed by atoms with Gasteiger partial charge in [-0.15, -0.1) is 0 Å². The van der Waals surface area contributed by atoms with Gasteiger partial charge in [0.15, 0.2) is 0 Å². The first-order valence-electron chi connectivity index (χ1n) is 8.52. The number of piperidine rings is 1. The van der Waals surface area contributed by atoms with Crippen LogP contribution in [0.15, 0.2) is 30.3 Å². The van der Waals surface area contributed by atoms with Gasteiger partial charge in [-0.3, -0.25) is 9.59 Å². The molecule has 132 valence electrons. The van der Waals surface area contributed by atoms with E-state index in [0.717, 1.165) is 17.1 Å². The highest BCUT2D eigenvalue weighted by Crippen LogP contribution is 2.25. The number of carboxylic acids is 1. The van der Waals surface area contributed by atoms with Crippen molar-refractivity contribution in [2.45, 2.75) is 27.2 Å². The molecule has 2 heterocycles. The van der Waals surface area contributed by atoms with Crippen LogP contribution >= 0.6 is 0 Å². The minimum atomic E-state index is -0.770. The summed E-state index contributed by atoms with van der Waals surface area (Å²) in [5.41, 5.74) is 3.53. The Labute approximate surface area is 147 Å². The predicted molar refractivity (Wildman–Crippen MR) is 93.8 cm³/mol. The number of hydrogen-bond acceptors (Lipinski definition) is 3.